The van der Waals surface area contributed by atoms with E-state index in [1.807, 2.05) is 35.2 Å². The molecular weight excluding hydrogens is 319 g/mol. The van der Waals surface area contributed by atoms with Crippen molar-refractivity contribution in [3.05, 3.63) is 59.9 Å². The number of nitrogens with one attached hydrogen (secondary N) is 1. The lowest BCUT2D eigenvalue weighted by atomic mass is 9.95. The van der Waals surface area contributed by atoms with Crippen LogP contribution in [0, 0.1) is 11.7 Å². The lowest BCUT2D eigenvalue weighted by molar-refractivity contribution is -0.125. The Hall–Kier alpha value is -2.56. The predicted octanol–water partition coefficient (Wildman–Crippen LogP) is 3.37. The molecule has 0 bridgehead atoms. The van der Waals surface area contributed by atoms with E-state index in [0.29, 0.717) is 25.3 Å². The second-order valence-electron chi connectivity index (χ2n) is 6.28. The average Bonchev–Trinajstić information content (AvgIpc) is 2.67. The Morgan fingerprint density at radius 2 is 1.84 bits per heavy atom. The van der Waals surface area contributed by atoms with E-state index in [4.69, 9.17) is 4.74 Å². The summed E-state index contributed by atoms with van der Waals surface area (Å²) in [5.74, 6) is 0.658. The smallest absolute Gasteiger partial charge is 0.223 e. The van der Waals surface area contributed by atoms with Gasteiger partial charge in [0.15, 0.2) is 0 Å². The highest BCUT2D eigenvalue weighted by atomic mass is 19.1. The van der Waals surface area contributed by atoms with E-state index in [1.165, 1.54) is 6.07 Å². The first-order valence-electron chi connectivity index (χ1n) is 8.57. The summed E-state index contributed by atoms with van der Waals surface area (Å²) in [4.78, 5) is 14.4. The van der Waals surface area contributed by atoms with E-state index in [-0.39, 0.29) is 17.6 Å². The van der Waals surface area contributed by atoms with E-state index in [2.05, 4.69) is 5.32 Å². The Bertz CT molecular complexity index is 710. The van der Waals surface area contributed by atoms with Gasteiger partial charge in [0.05, 0.1) is 12.8 Å². The molecule has 1 saturated heterocycles. The zero-order valence-corrected chi connectivity index (χ0v) is 14.4. The quantitative estimate of drug-likeness (QED) is 0.906. The second kappa shape index (κ2) is 8.01. The summed E-state index contributed by atoms with van der Waals surface area (Å²) in [7, 11) is 1.63. The van der Waals surface area contributed by atoms with Gasteiger partial charge in [-0.2, -0.15) is 0 Å². The zero-order chi connectivity index (χ0) is 17.6. The van der Waals surface area contributed by atoms with Crippen molar-refractivity contribution in [3.63, 3.8) is 0 Å². The number of benzene rings is 2. The molecular formula is C20H23FN2O2. The molecule has 1 heterocycles. The fraction of sp³-hybridized carbons (Fsp3) is 0.350. The molecule has 2 aromatic rings. The minimum absolute atomic E-state index is 0.0127. The van der Waals surface area contributed by atoms with Gasteiger partial charge in [-0.15, -0.1) is 0 Å². The largest absolute Gasteiger partial charge is 0.497 e. The van der Waals surface area contributed by atoms with Crippen LogP contribution < -0.4 is 15.0 Å². The molecule has 3 rings (SSSR count). The number of carbonyl (C=O) groups excluding carboxylic acids is 1. The number of para-hydroxylation sites is 1. The highest BCUT2D eigenvalue weighted by Gasteiger charge is 2.25. The number of piperidine rings is 1. The third kappa shape index (κ3) is 4.29. The summed E-state index contributed by atoms with van der Waals surface area (Å²) < 4.78 is 19.0. The number of nitrogens with zero attached hydrogens (tertiary/aromatic N) is 1. The first-order chi connectivity index (χ1) is 12.2. The molecule has 5 heteroatoms. The Morgan fingerprint density at radius 1 is 1.16 bits per heavy atom. The minimum Gasteiger partial charge on any atom is -0.497 e. The summed E-state index contributed by atoms with van der Waals surface area (Å²) in [5, 5.41) is 3.00. The summed E-state index contributed by atoms with van der Waals surface area (Å²) in [6.45, 7) is 1.90. The number of anilines is 1. The third-order valence-corrected chi connectivity index (χ3v) is 4.68. The third-order valence-electron chi connectivity index (χ3n) is 4.68. The summed E-state index contributed by atoms with van der Waals surface area (Å²) in [6.07, 6.45) is 1.48. The van der Waals surface area contributed by atoms with Crippen molar-refractivity contribution in [2.75, 3.05) is 25.1 Å². The molecule has 0 spiro atoms. The van der Waals surface area contributed by atoms with E-state index in [9.17, 15) is 9.18 Å². The van der Waals surface area contributed by atoms with Gasteiger partial charge in [0.25, 0.3) is 0 Å². The lowest BCUT2D eigenvalue weighted by Crippen LogP contribution is -2.40. The Kier molecular flexibility index (Phi) is 5.53. The summed E-state index contributed by atoms with van der Waals surface area (Å²) in [6, 6.07) is 14.5. The molecule has 0 saturated carbocycles. The summed E-state index contributed by atoms with van der Waals surface area (Å²) >= 11 is 0. The monoisotopic (exact) mass is 342 g/mol. The molecule has 1 aliphatic rings. The number of halogens is 1. The van der Waals surface area contributed by atoms with Gasteiger partial charge in [-0.3, -0.25) is 4.79 Å². The van der Waals surface area contributed by atoms with E-state index in [0.717, 1.165) is 24.2 Å². The number of methoxy groups -OCH3 is 1. The number of amides is 1. The van der Waals surface area contributed by atoms with Crippen LogP contribution in [0.25, 0.3) is 0 Å². The standard InChI is InChI=1S/C20H23FN2O2/c1-25-17-8-6-15(7-9-17)14-22-20(24)16-10-12-23(13-11-16)19-5-3-2-4-18(19)21/h2-9,16H,10-14H2,1H3,(H,22,24). The van der Waals surface area contributed by atoms with Gasteiger partial charge in [0.1, 0.15) is 11.6 Å². The molecule has 0 aromatic heterocycles. The van der Waals surface area contributed by atoms with Gasteiger partial charge >= 0.3 is 0 Å². The van der Waals surface area contributed by atoms with E-state index >= 15 is 0 Å². The second-order valence-corrected chi connectivity index (χ2v) is 6.28. The maximum Gasteiger partial charge on any atom is 0.223 e. The maximum absolute atomic E-state index is 13.9. The molecule has 25 heavy (non-hydrogen) atoms. The van der Waals surface area contributed by atoms with Crippen LogP contribution in [0.1, 0.15) is 18.4 Å². The lowest BCUT2D eigenvalue weighted by Gasteiger charge is -2.33. The maximum atomic E-state index is 13.9. The molecule has 0 radical (unpaired) electrons. The average molecular weight is 342 g/mol. The molecule has 132 valence electrons. The molecule has 0 aliphatic carbocycles. The van der Waals surface area contributed by atoms with E-state index in [1.54, 1.807) is 19.2 Å². The van der Waals surface area contributed by atoms with Crippen molar-refractivity contribution in [1.29, 1.82) is 0 Å². The first-order valence-corrected chi connectivity index (χ1v) is 8.57. The van der Waals surface area contributed by atoms with Gasteiger partial charge in [-0.05, 0) is 42.7 Å². The molecule has 0 unspecified atom stereocenters. The van der Waals surface area contributed by atoms with Gasteiger partial charge in [0, 0.05) is 25.6 Å². The van der Waals surface area contributed by atoms with Crippen LogP contribution in [0.4, 0.5) is 10.1 Å². The van der Waals surface area contributed by atoms with Crippen LogP contribution >= 0.6 is 0 Å². The number of rotatable bonds is 5. The molecule has 1 aliphatic heterocycles. The minimum atomic E-state index is -0.204. The molecule has 1 fully saturated rings. The SMILES string of the molecule is COc1ccc(CNC(=O)C2CCN(c3ccccc3F)CC2)cc1. The molecule has 4 nitrogen and oxygen atoms in total. The number of carbonyl (C=O) groups is 1. The van der Waals surface area contributed by atoms with Crippen LogP contribution in [0.15, 0.2) is 48.5 Å². The van der Waals surface area contributed by atoms with Crippen molar-refractivity contribution < 1.29 is 13.9 Å². The van der Waals surface area contributed by atoms with Gasteiger partial charge < -0.3 is 15.0 Å². The number of hydrogen-bond donors (Lipinski definition) is 1. The predicted molar refractivity (Wildman–Crippen MR) is 96.2 cm³/mol. The van der Waals surface area contributed by atoms with E-state index < -0.39 is 0 Å². The molecule has 0 atom stereocenters. The molecule has 2 aromatic carbocycles. The molecule has 1 amide bonds. The van der Waals surface area contributed by atoms with Crippen molar-refractivity contribution in [3.8, 4) is 5.75 Å². The van der Waals surface area contributed by atoms with Crippen LogP contribution in [-0.2, 0) is 11.3 Å². The molecule has 1 N–H and O–H groups in total. The number of hydrogen-bond acceptors (Lipinski definition) is 3. The van der Waals surface area contributed by atoms with Gasteiger partial charge in [-0.1, -0.05) is 24.3 Å². The van der Waals surface area contributed by atoms with Gasteiger partial charge in [-0.25, -0.2) is 4.39 Å². The van der Waals surface area contributed by atoms with Crippen molar-refractivity contribution >= 4 is 11.6 Å². The number of ether oxygens (including phenoxy) is 1. The van der Waals surface area contributed by atoms with Crippen LogP contribution in [0.2, 0.25) is 0 Å². The Labute approximate surface area is 147 Å². The van der Waals surface area contributed by atoms with Crippen molar-refractivity contribution in [1.82, 2.24) is 5.32 Å². The Balaban J connectivity index is 1.49. The fourth-order valence-electron chi connectivity index (χ4n) is 3.17. The van der Waals surface area contributed by atoms with Crippen LogP contribution in [-0.4, -0.2) is 26.1 Å². The highest BCUT2D eigenvalue weighted by Crippen LogP contribution is 2.25. The van der Waals surface area contributed by atoms with Crippen LogP contribution in [0.5, 0.6) is 5.75 Å². The van der Waals surface area contributed by atoms with Gasteiger partial charge in [0.2, 0.25) is 5.91 Å². The highest BCUT2D eigenvalue weighted by molar-refractivity contribution is 5.79. The zero-order valence-electron chi connectivity index (χ0n) is 14.4. The van der Waals surface area contributed by atoms with Crippen molar-refractivity contribution in [2.24, 2.45) is 5.92 Å². The Morgan fingerprint density at radius 3 is 2.48 bits per heavy atom. The van der Waals surface area contributed by atoms with Crippen LogP contribution in [0.3, 0.4) is 0 Å². The normalized spacial score (nSPS) is 15.0. The van der Waals surface area contributed by atoms with Crippen molar-refractivity contribution in [2.45, 2.75) is 19.4 Å². The fourth-order valence-corrected chi connectivity index (χ4v) is 3.17. The summed E-state index contributed by atoms with van der Waals surface area (Å²) in [5.41, 5.74) is 1.66. The first kappa shape index (κ1) is 17.3. The topological polar surface area (TPSA) is 41.6 Å².